The quantitative estimate of drug-likeness (QED) is 0.465. The van der Waals surface area contributed by atoms with Gasteiger partial charge in [-0.05, 0) is 12.8 Å². The number of nitrogens with two attached hydrogens (primary N) is 1. The molecule has 0 aromatic carbocycles. The lowest BCUT2D eigenvalue weighted by Crippen LogP contribution is -2.57. The Morgan fingerprint density at radius 3 is 2.53 bits per heavy atom. The van der Waals surface area contributed by atoms with Crippen molar-refractivity contribution in [2.45, 2.75) is 30.9 Å². The second-order valence-corrected chi connectivity index (χ2v) is 4.17. The van der Waals surface area contributed by atoms with Crippen LogP contribution >= 0.6 is 0 Å². The molecule has 1 aliphatic heterocycles. The van der Waals surface area contributed by atoms with Gasteiger partial charge in [0.25, 0.3) is 0 Å². The summed E-state index contributed by atoms with van der Waals surface area (Å²) in [5.41, 5.74) is 4.97. The molecule has 0 unspecified atom stereocenters. The van der Waals surface area contributed by atoms with Crippen LogP contribution in [0, 0.1) is 0 Å². The van der Waals surface area contributed by atoms with Gasteiger partial charge < -0.3 is 26.0 Å². The van der Waals surface area contributed by atoms with Gasteiger partial charge in [0, 0.05) is 26.2 Å². The smallest absolute Gasteiger partial charge is 0.332 e. The number of aliphatic hydroxyl groups is 1. The first-order chi connectivity index (χ1) is 7.96. The van der Waals surface area contributed by atoms with Crippen molar-refractivity contribution < 1.29 is 24.5 Å². The van der Waals surface area contributed by atoms with Crippen LogP contribution in [-0.4, -0.2) is 53.5 Å². The van der Waals surface area contributed by atoms with E-state index in [1.807, 2.05) is 0 Å². The Morgan fingerprint density at radius 1 is 1.41 bits per heavy atom. The van der Waals surface area contributed by atoms with Crippen molar-refractivity contribution in [2.75, 3.05) is 19.8 Å². The van der Waals surface area contributed by atoms with Gasteiger partial charge in [-0.25, -0.2) is 4.79 Å². The van der Waals surface area contributed by atoms with E-state index in [0.717, 1.165) is 0 Å². The van der Waals surface area contributed by atoms with E-state index in [9.17, 15) is 9.59 Å². The molecule has 1 atom stereocenters. The van der Waals surface area contributed by atoms with Gasteiger partial charge in [-0.3, -0.25) is 4.79 Å². The van der Waals surface area contributed by atoms with Gasteiger partial charge in [-0.15, -0.1) is 0 Å². The number of amides is 1. The molecule has 0 aliphatic carbocycles. The highest BCUT2D eigenvalue weighted by Crippen LogP contribution is 2.17. The zero-order valence-corrected chi connectivity index (χ0v) is 9.52. The average Bonchev–Trinajstić information content (AvgIpc) is 2.29. The van der Waals surface area contributed by atoms with Gasteiger partial charge >= 0.3 is 5.97 Å². The molecule has 5 N–H and O–H groups in total. The maximum Gasteiger partial charge on any atom is 0.332 e. The number of carbonyl (C=O) groups excluding carboxylic acids is 1. The number of rotatable bonds is 5. The number of hydrogen-bond acceptors (Lipinski definition) is 5. The van der Waals surface area contributed by atoms with Crippen LogP contribution < -0.4 is 11.1 Å². The molecule has 1 rings (SSSR count). The van der Waals surface area contributed by atoms with Crippen LogP contribution in [-0.2, 0) is 14.3 Å². The Bertz CT molecular complexity index is 288. The monoisotopic (exact) mass is 246 g/mol. The van der Waals surface area contributed by atoms with Crippen molar-refractivity contribution in [1.29, 1.82) is 0 Å². The van der Waals surface area contributed by atoms with E-state index in [0.29, 0.717) is 26.1 Å². The van der Waals surface area contributed by atoms with E-state index in [-0.39, 0.29) is 18.9 Å². The lowest BCUT2D eigenvalue weighted by Gasteiger charge is -2.31. The Labute approximate surface area is 98.9 Å². The van der Waals surface area contributed by atoms with E-state index in [4.69, 9.17) is 20.7 Å². The normalized spacial score (nSPS) is 20.6. The first-order valence-electron chi connectivity index (χ1n) is 5.51. The van der Waals surface area contributed by atoms with E-state index in [2.05, 4.69) is 5.32 Å². The molecule has 1 fully saturated rings. The molecule has 0 saturated carbocycles. The van der Waals surface area contributed by atoms with E-state index >= 15 is 0 Å². The fraction of sp³-hybridized carbons (Fsp3) is 0.800. The van der Waals surface area contributed by atoms with Crippen molar-refractivity contribution in [3.05, 3.63) is 0 Å². The summed E-state index contributed by atoms with van der Waals surface area (Å²) < 4.78 is 5.11. The van der Waals surface area contributed by atoms with Crippen LogP contribution in [0.1, 0.15) is 19.3 Å². The molecule has 0 aromatic heterocycles. The Morgan fingerprint density at radius 2 is 2.00 bits per heavy atom. The Hall–Kier alpha value is -1.18. The van der Waals surface area contributed by atoms with Gasteiger partial charge in [0.2, 0.25) is 5.91 Å². The molecule has 0 radical (unpaired) electrons. The van der Waals surface area contributed by atoms with Crippen molar-refractivity contribution >= 4 is 11.9 Å². The van der Waals surface area contributed by atoms with Crippen molar-refractivity contribution in [3.63, 3.8) is 0 Å². The van der Waals surface area contributed by atoms with E-state index in [1.54, 1.807) is 0 Å². The lowest BCUT2D eigenvalue weighted by molar-refractivity contribution is -0.147. The minimum atomic E-state index is -1.46. The third-order valence-electron chi connectivity index (χ3n) is 2.83. The number of nitrogens with one attached hydrogen (secondary N) is 1. The highest BCUT2D eigenvalue weighted by Gasteiger charge is 2.35. The number of aliphatic hydroxyl groups excluding tert-OH is 1. The summed E-state index contributed by atoms with van der Waals surface area (Å²) >= 11 is 0. The maximum atomic E-state index is 11.8. The number of carboxylic acid groups (broad SMARTS) is 1. The van der Waals surface area contributed by atoms with Crippen LogP contribution in [0.25, 0.3) is 0 Å². The molecule has 98 valence electrons. The predicted octanol–water partition coefficient (Wildman–Crippen LogP) is -1.55. The van der Waals surface area contributed by atoms with Crippen molar-refractivity contribution in [1.82, 2.24) is 5.32 Å². The van der Waals surface area contributed by atoms with Crippen LogP contribution in [0.3, 0.4) is 0 Å². The summed E-state index contributed by atoms with van der Waals surface area (Å²) in [6.45, 7) is 0.982. The molecule has 1 amide bonds. The van der Waals surface area contributed by atoms with Crippen LogP contribution in [0.4, 0.5) is 0 Å². The fourth-order valence-electron chi connectivity index (χ4n) is 1.58. The summed E-state index contributed by atoms with van der Waals surface area (Å²) in [6.07, 6.45) is -0.604. The number of hydrogen-bond donors (Lipinski definition) is 4. The van der Waals surface area contributed by atoms with Gasteiger partial charge in [-0.2, -0.15) is 0 Å². The Balaban J connectivity index is 2.31. The second kappa shape index (κ2) is 5.95. The minimum absolute atomic E-state index is 0.0341. The molecule has 0 spiro atoms. The molecule has 1 heterocycles. The largest absolute Gasteiger partial charge is 0.479 e. The molecule has 1 saturated heterocycles. The number of carboxylic acids is 1. The van der Waals surface area contributed by atoms with Crippen molar-refractivity contribution in [3.8, 4) is 0 Å². The van der Waals surface area contributed by atoms with Crippen LogP contribution in [0.15, 0.2) is 0 Å². The lowest BCUT2D eigenvalue weighted by atomic mass is 9.90. The fourth-order valence-corrected chi connectivity index (χ4v) is 1.58. The molecule has 7 heteroatoms. The molecule has 0 bridgehead atoms. The number of carbonyl (C=O) groups is 2. The first-order valence-corrected chi connectivity index (χ1v) is 5.51. The highest BCUT2D eigenvalue weighted by molar-refractivity contribution is 5.86. The summed E-state index contributed by atoms with van der Waals surface area (Å²) in [6, 6.07) is 0. The SMILES string of the molecule is NC1(C(=O)NCC[C@H](O)C(=O)O)CCOCC1. The Kier molecular flexibility index (Phi) is 4.86. The summed E-state index contributed by atoms with van der Waals surface area (Å²) in [5, 5.41) is 20.0. The highest BCUT2D eigenvalue weighted by atomic mass is 16.5. The summed E-state index contributed by atoms with van der Waals surface area (Å²) in [5.74, 6) is -1.62. The second-order valence-electron chi connectivity index (χ2n) is 4.17. The standard InChI is InChI=1S/C10H18N2O5/c11-10(2-5-17-6-3-10)9(16)12-4-1-7(13)8(14)15/h7,13H,1-6,11H2,(H,12,16)(H,14,15)/t7-/m0/s1. The molecular weight excluding hydrogens is 228 g/mol. The van der Waals surface area contributed by atoms with E-state index < -0.39 is 17.6 Å². The van der Waals surface area contributed by atoms with Gasteiger partial charge in [0.05, 0.1) is 5.54 Å². The maximum absolute atomic E-state index is 11.8. The molecule has 0 aromatic rings. The first kappa shape index (κ1) is 13.9. The molecular formula is C10H18N2O5. The summed E-state index contributed by atoms with van der Waals surface area (Å²) in [7, 11) is 0. The van der Waals surface area contributed by atoms with E-state index in [1.165, 1.54) is 0 Å². The number of ether oxygens (including phenoxy) is 1. The third kappa shape index (κ3) is 3.95. The van der Waals surface area contributed by atoms with Gasteiger partial charge in [0.15, 0.2) is 6.10 Å². The summed E-state index contributed by atoms with van der Waals surface area (Å²) in [4.78, 5) is 22.1. The number of aliphatic carboxylic acids is 1. The topological polar surface area (TPSA) is 122 Å². The molecule has 1 aliphatic rings. The third-order valence-corrected chi connectivity index (χ3v) is 2.83. The molecule has 7 nitrogen and oxygen atoms in total. The van der Waals surface area contributed by atoms with Crippen LogP contribution in [0.5, 0.6) is 0 Å². The predicted molar refractivity (Wildman–Crippen MR) is 58.2 cm³/mol. The minimum Gasteiger partial charge on any atom is -0.479 e. The van der Waals surface area contributed by atoms with Gasteiger partial charge in [-0.1, -0.05) is 0 Å². The zero-order chi connectivity index (χ0) is 12.9. The van der Waals surface area contributed by atoms with Crippen molar-refractivity contribution in [2.24, 2.45) is 5.73 Å². The zero-order valence-electron chi connectivity index (χ0n) is 9.52. The molecule has 17 heavy (non-hydrogen) atoms. The average molecular weight is 246 g/mol. The van der Waals surface area contributed by atoms with Crippen LogP contribution in [0.2, 0.25) is 0 Å². The van der Waals surface area contributed by atoms with Gasteiger partial charge in [0.1, 0.15) is 0 Å².